The molecule has 0 aliphatic carbocycles. The quantitative estimate of drug-likeness (QED) is 0.208. The maximum Gasteiger partial charge on any atom is 0.214 e. The molecule has 0 unspecified atom stereocenters. The van der Waals surface area contributed by atoms with Crippen molar-refractivity contribution >= 4 is 47.4 Å². The van der Waals surface area contributed by atoms with E-state index >= 15 is 0 Å². The first-order valence-corrected chi connectivity index (χ1v) is 11.8. The van der Waals surface area contributed by atoms with Gasteiger partial charge in [-0.15, -0.1) is 17.5 Å². The number of hydrogen-bond donors (Lipinski definition) is 1. The molecule has 0 aliphatic rings. The van der Waals surface area contributed by atoms with E-state index in [1.807, 2.05) is 60.7 Å². The first-order chi connectivity index (χ1) is 15.7. The summed E-state index contributed by atoms with van der Waals surface area (Å²) in [6.45, 7) is 1.86. The Kier molecular flexibility index (Phi) is 9.84. The molecular weight excluding hydrogens is 501 g/mol. The lowest BCUT2D eigenvalue weighted by molar-refractivity contribution is 0.302. The van der Waals surface area contributed by atoms with E-state index in [0.29, 0.717) is 23.2 Å². The molecule has 1 heterocycles. The van der Waals surface area contributed by atoms with Crippen LogP contribution in [0.5, 0.6) is 5.75 Å². The number of rotatable bonds is 10. The smallest absolute Gasteiger partial charge is 0.214 e. The number of aromatic nitrogens is 4. The zero-order valence-corrected chi connectivity index (χ0v) is 20.7. The van der Waals surface area contributed by atoms with E-state index in [1.54, 1.807) is 22.5 Å². The average molecular weight is 523 g/mol. The summed E-state index contributed by atoms with van der Waals surface area (Å²) in [4.78, 5) is 0. The lowest BCUT2D eigenvalue weighted by Crippen LogP contribution is -2.17. The van der Waals surface area contributed by atoms with E-state index in [4.69, 9.17) is 27.9 Å². The summed E-state index contributed by atoms with van der Waals surface area (Å²) < 4.78 is 7.77. The minimum absolute atomic E-state index is 0. The molecule has 4 rings (SSSR count). The molecular formula is C23H22Cl3N5OS. The number of halogens is 3. The number of nitrogens with one attached hydrogen (secondary N) is 1. The molecule has 6 nitrogen and oxygen atoms in total. The van der Waals surface area contributed by atoms with Gasteiger partial charge in [-0.1, -0.05) is 77.4 Å². The molecule has 0 saturated carbocycles. The van der Waals surface area contributed by atoms with Gasteiger partial charge in [-0.3, -0.25) is 0 Å². The van der Waals surface area contributed by atoms with E-state index in [-0.39, 0.29) is 12.4 Å². The van der Waals surface area contributed by atoms with Gasteiger partial charge >= 0.3 is 0 Å². The molecule has 172 valence electrons. The van der Waals surface area contributed by atoms with Gasteiger partial charge in [0.05, 0.1) is 5.69 Å². The number of ether oxygens (including phenoxy) is 1. The minimum Gasteiger partial charge on any atom is -0.489 e. The van der Waals surface area contributed by atoms with Gasteiger partial charge in [0.25, 0.3) is 0 Å². The van der Waals surface area contributed by atoms with Crippen LogP contribution >= 0.6 is 47.4 Å². The molecule has 0 atom stereocenters. The fourth-order valence-corrected chi connectivity index (χ4v) is 4.27. The lowest BCUT2D eigenvalue weighted by Gasteiger charge is -2.13. The molecule has 1 N–H and O–H groups in total. The fourth-order valence-electron chi connectivity index (χ4n) is 3.02. The highest BCUT2D eigenvalue weighted by Gasteiger charge is 2.09. The van der Waals surface area contributed by atoms with Crippen molar-refractivity contribution in [1.82, 2.24) is 25.5 Å². The van der Waals surface area contributed by atoms with Crippen LogP contribution in [0.3, 0.4) is 0 Å². The third-order valence-electron chi connectivity index (χ3n) is 4.64. The monoisotopic (exact) mass is 521 g/mol. The molecule has 0 fully saturated rings. The second-order valence-electron chi connectivity index (χ2n) is 6.87. The largest absolute Gasteiger partial charge is 0.489 e. The number of benzene rings is 3. The summed E-state index contributed by atoms with van der Waals surface area (Å²) in [5.41, 5.74) is 2.92. The maximum absolute atomic E-state index is 6.25. The Hall–Kier alpha value is -2.29. The Labute approximate surface area is 213 Å². The fraction of sp³-hybridized carbons (Fsp3) is 0.174. The van der Waals surface area contributed by atoms with Crippen LogP contribution in [0, 0.1) is 0 Å². The van der Waals surface area contributed by atoms with Crippen LogP contribution < -0.4 is 10.1 Å². The zero-order chi connectivity index (χ0) is 22.2. The van der Waals surface area contributed by atoms with Crippen molar-refractivity contribution in [1.29, 1.82) is 0 Å². The van der Waals surface area contributed by atoms with Gasteiger partial charge in [-0.2, -0.15) is 4.68 Å². The van der Waals surface area contributed by atoms with Gasteiger partial charge < -0.3 is 10.1 Å². The van der Waals surface area contributed by atoms with Crippen molar-refractivity contribution in [3.8, 4) is 11.4 Å². The number of hydrogen-bond acceptors (Lipinski definition) is 6. The number of nitrogens with zero attached hydrogens (tertiary/aromatic N) is 4. The SMILES string of the molecule is Cl.Clc1ccc(COc2ccccc2CNCCSc2nnnn2-c2ccccc2)c(Cl)c1. The highest BCUT2D eigenvalue weighted by Crippen LogP contribution is 2.24. The van der Waals surface area contributed by atoms with E-state index in [0.717, 1.165) is 40.0 Å². The molecule has 1 aromatic heterocycles. The summed E-state index contributed by atoms with van der Waals surface area (Å²) in [6, 6.07) is 23.2. The summed E-state index contributed by atoms with van der Waals surface area (Å²) in [5, 5.41) is 17.4. The van der Waals surface area contributed by atoms with Crippen molar-refractivity contribution in [2.24, 2.45) is 0 Å². The van der Waals surface area contributed by atoms with Crippen LogP contribution in [0.15, 0.2) is 78.0 Å². The Morgan fingerprint density at radius 2 is 1.73 bits per heavy atom. The molecule has 3 aromatic carbocycles. The van der Waals surface area contributed by atoms with E-state index in [2.05, 4.69) is 26.9 Å². The number of tetrazole rings is 1. The lowest BCUT2D eigenvalue weighted by atomic mass is 10.2. The topological polar surface area (TPSA) is 64.9 Å². The standard InChI is InChI=1S/C23H21Cl2N5OS.ClH/c24-19-11-10-18(21(25)14-19)16-31-22-9-5-4-6-17(22)15-26-12-13-32-23-27-28-29-30(23)20-7-2-1-3-8-20;/h1-11,14,26H,12-13,15-16H2;1H. The van der Waals surface area contributed by atoms with Gasteiger partial charge in [-0.25, -0.2) is 0 Å². The van der Waals surface area contributed by atoms with Crippen LogP contribution in [-0.4, -0.2) is 32.5 Å². The minimum atomic E-state index is 0. The van der Waals surface area contributed by atoms with E-state index in [1.165, 1.54) is 0 Å². The molecule has 0 aliphatic heterocycles. The predicted molar refractivity (Wildman–Crippen MR) is 136 cm³/mol. The van der Waals surface area contributed by atoms with E-state index in [9.17, 15) is 0 Å². The molecule has 0 saturated heterocycles. The van der Waals surface area contributed by atoms with Gasteiger partial charge in [0.2, 0.25) is 5.16 Å². The Balaban J connectivity index is 0.00000306. The highest BCUT2D eigenvalue weighted by molar-refractivity contribution is 7.99. The third kappa shape index (κ3) is 7.09. The van der Waals surface area contributed by atoms with E-state index < -0.39 is 0 Å². The number of para-hydroxylation sites is 2. The molecule has 0 bridgehead atoms. The molecule has 0 amide bonds. The predicted octanol–water partition coefficient (Wildman–Crippen LogP) is 5.85. The van der Waals surface area contributed by atoms with Crippen LogP contribution in [-0.2, 0) is 13.2 Å². The Bertz CT molecular complexity index is 1160. The summed E-state index contributed by atoms with van der Waals surface area (Å²) in [7, 11) is 0. The summed E-state index contributed by atoms with van der Waals surface area (Å²) in [6.07, 6.45) is 0. The molecule has 0 radical (unpaired) electrons. The first-order valence-electron chi connectivity index (χ1n) is 10.0. The third-order valence-corrected chi connectivity index (χ3v) is 6.15. The van der Waals surface area contributed by atoms with Crippen LogP contribution in [0.25, 0.3) is 5.69 Å². The van der Waals surface area contributed by atoms with Gasteiger partial charge in [0.1, 0.15) is 12.4 Å². The van der Waals surface area contributed by atoms with Crippen LogP contribution in [0.2, 0.25) is 10.0 Å². The second kappa shape index (κ2) is 12.8. The van der Waals surface area contributed by atoms with Crippen molar-refractivity contribution < 1.29 is 4.74 Å². The normalized spacial score (nSPS) is 10.6. The molecule has 0 spiro atoms. The van der Waals surface area contributed by atoms with Crippen LogP contribution in [0.4, 0.5) is 0 Å². The highest BCUT2D eigenvalue weighted by atomic mass is 35.5. The maximum atomic E-state index is 6.25. The first kappa shape index (κ1) is 25.3. The Morgan fingerprint density at radius 3 is 2.55 bits per heavy atom. The van der Waals surface area contributed by atoms with Gasteiger partial charge in [-0.05, 0) is 40.8 Å². The number of thioether (sulfide) groups is 1. The zero-order valence-electron chi connectivity index (χ0n) is 17.5. The van der Waals surface area contributed by atoms with Gasteiger partial charge in [0, 0.05) is 40.0 Å². The second-order valence-corrected chi connectivity index (χ2v) is 8.77. The molecule has 10 heteroatoms. The van der Waals surface area contributed by atoms with Gasteiger partial charge in [0.15, 0.2) is 0 Å². The van der Waals surface area contributed by atoms with Crippen LogP contribution in [0.1, 0.15) is 11.1 Å². The molecule has 4 aromatic rings. The summed E-state index contributed by atoms with van der Waals surface area (Å²) in [5.74, 6) is 1.66. The summed E-state index contributed by atoms with van der Waals surface area (Å²) >= 11 is 13.8. The van der Waals surface area contributed by atoms with Crippen molar-refractivity contribution in [3.63, 3.8) is 0 Å². The Morgan fingerprint density at radius 1 is 0.939 bits per heavy atom. The van der Waals surface area contributed by atoms with Crippen molar-refractivity contribution in [2.75, 3.05) is 12.3 Å². The van der Waals surface area contributed by atoms with Crippen molar-refractivity contribution in [3.05, 3.63) is 94.0 Å². The molecule has 33 heavy (non-hydrogen) atoms. The van der Waals surface area contributed by atoms with Crippen molar-refractivity contribution in [2.45, 2.75) is 18.3 Å². The average Bonchev–Trinajstić information content (AvgIpc) is 3.28.